The first-order valence-electron chi connectivity index (χ1n) is 7.98. The standard InChI is InChI=1S/C16H34N2/c1-7-14(8-2)18-11-16(13(5)6)17-10-15(18)9-12(3)4/h12-17H,7-11H2,1-6H3. The number of hydrogen-bond donors (Lipinski definition) is 1. The number of hydrogen-bond acceptors (Lipinski definition) is 2. The summed E-state index contributed by atoms with van der Waals surface area (Å²) in [5.74, 6) is 1.53. The molecule has 0 aromatic rings. The van der Waals surface area contributed by atoms with Crippen molar-refractivity contribution < 1.29 is 0 Å². The quantitative estimate of drug-likeness (QED) is 0.780. The highest BCUT2D eigenvalue weighted by Crippen LogP contribution is 2.23. The van der Waals surface area contributed by atoms with Crippen molar-refractivity contribution in [2.24, 2.45) is 11.8 Å². The molecule has 1 N–H and O–H groups in total. The van der Waals surface area contributed by atoms with Crippen molar-refractivity contribution >= 4 is 0 Å². The molecule has 1 saturated heterocycles. The molecule has 0 aromatic heterocycles. The lowest BCUT2D eigenvalue weighted by Gasteiger charge is -2.46. The lowest BCUT2D eigenvalue weighted by molar-refractivity contribution is 0.0544. The van der Waals surface area contributed by atoms with Gasteiger partial charge in [-0.15, -0.1) is 0 Å². The van der Waals surface area contributed by atoms with Crippen LogP contribution in [-0.2, 0) is 0 Å². The average Bonchev–Trinajstić information content (AvgIpc) is 2.31. The van der Waals surface area contributed by atoms with Crippen LogP contribution in [0, 0.1) is 11.8 Å². The molecule has 1 heterocycles. The van der Waals surface area contributed by atoms with Crippen molar-refractivity contribution in [1.82, 2.24) is 10.2 Å². The molecule has 18 heavy (non-hydrogen) atoms. The van der Waals surface area contributed by atoms with Gasteiger partial charge >= 0.3 is 0 Å². The van der Waals surface area contributed by atoms with Gasteiger partial charge in [-0.3, -0.25) is 4.90 Å². The van der Waals surface area contributed by atoms with Crippen LogP contribution in [0.1, 0.15) is 60.8 Å². The average molecular weight is 254 g/mol. The normalized spacial score (nSPS) is 26.5. The molecule has 0 radical (unpaired) electrons. The van der Waals surface area contributed by atoms with E-state index in [1.807, 2.05) is 0 Å². The maximum Gasteiger partial charge on any atom is 0.0226 e. The molecule has 2 heteroatoms. The molecule has 2 unspecified atom stereocenters. The molecule has 0 saturated carbocycles. The van der Waals surface area contributed by atoms with E-state index in [-0.39, 0.29) is 0 Å². The number of piperazine rings is 1. The second-order valence-corrected chi connectivity index (χ2v) is 6.71. The van der Waals surface area contributed by atoms with Gasteiger partial charge in [0.1, 0.15) is 0 Å². The van der Waals surface area contributed by atoms with Crippen molar-refractivity contribution in [2.75, 3.05) is 13.1 Å². The largest absolute Gasteiger partial charge is 0.311 e. The summed E-state index contributed by atoms with van der Waals surface area (Å²) in [4.78, 5) is 2.81. The summed E-state index contributed by atoms with van der Waals surface area (Å²) < 4.78 is 0. The van der Waals surface area contributed by atoms with Gasteiger partial charge in [-0.1, -0.05) is 41.5 Å². The molecule has 108 valence electrons. The minimum atomic E-state index is 0.675. The van der Waals surface area contributed by atoms with Gasteiger partial charge < -0.3 is 5.32 Å². The smallest absolute Gasteiger partial charge is 0.0226 e. The van der Waals surface area contributed by atoms with E-state index in [1.165, 1.54) is 32.4 Å². The Hall–Kier alpha value is -0.0800. The van der Waals surface area contributed by atoms with E-state index >= 15 is 0 Å². The molecular weight excluding hydrogens is 220 g/mol. The zero-order valence-electron chi connectivity index (χ0n) is 13.4. The summed E-state index contributed by atoms with van der Waals surface area (Å²) in [7, 11) is 0. The van der Waals surface area contributed by atoms with Crippen molar-refractivity contribution in [2.45, 2.75) is 78.9 Å². The minimum absolute atomic E-state index is 0.675. The molecule has 1 aliphatic rings. The van der Waals surface area contributed by atoms with Crippen LogP contribution in [-0.4, -0.2) is 36.1 Å². The molecule has 0 aromatic carbocycles. The van der Waals surface area contributed by atoms with Crippen LogP contribution in [0.4, 0.5) is 0 Å². The second-order valence-electron chi connectivity index (χ2n) is 6.71. The SMILES string of the molecule is CCC(CC)N1CC(C(C)C)NCC1CC(C)C. The van der Waals surface area contributed by atoms with Crippen LogP contribution in [0.25, 0.3) is 0 Å². The Bertz CT molecular complexity index is 221. The predicted octanol–water partition coefficient (Wildman–Crippen LogP) is 3.52. The Morgan fingerprint density at radius 1 is 1.11 bits per heavy atom. The summed E-state index contributed by atoms with van der Waals surface area (Å²) in [6, 6.07) is 2.19. The molecule has 1 aliphatic heterocycles. The van der Waals surface area contributed by atoms with Gasteiger partial charge in [0, 0.05) is 31.2 Å². The number of rotatable bonds is 6. The Morgan fingerprint density at radius 3 is 2.17 bits per heavy atom. The van der Waals surface area contributed by atoms with E-state index in [0.29, 0.717) is 6.04 Å². The molecule has 2 nitrogen and oxygen atoms in total. The summed E-state index contributed by atoms with van der Waals surface area (Å²) >= 11 is 0. The van der Waals surface area contributed by atoms with E-state index in [0.717, 1.165) is 23.9 Å². The fourth-order valence-electron chi connectivity index (χ4n) is 3.26. The molecule has 1 fully saturated rings. The Kier molecular flexibility index (Phi) is 6.65. The van der Waals surface area contributed by atoms with Gasteiger partial charge in [0.05, 0.1) is 0 Å². The topological polar surface area (TPSA) is 15.3 Å². The lowest BCUT2D eigenvalue weighted by atomic mass is 9.92. The molecule has 2 atom stereocenters. The van der Waals surface area contributed by atoms with E-state index in [2.05, 4.69) is 51.8 Å². The molecule has 0 aliphatic carbocycles. The van der Waals surface area contributed by atoms with Crippen LogP contribution in [0.2, 0.25) is 0 Å². The van der Waals surface area contributed by atoms with Gasteiger partial charge in [-0.25, -0.2) is 0 Å². The van der Waals surface area contributed by atoms with Gasteiger partial charge in [0.25, 0.3) is 0 Å². The first-order valence-corrected chi connectivity index (χ1v) is 7.98. The zero-order chi connectivity index (χ0) is 13.7. The highest BCUT2D eigenvalue weighted by molar-refractivity contribution is 4.90. The van der Waals surface area contributed by atoms with Crippen molar-refractivity contribution in [1.29, 1.82) is 0 Å². The highest BCUT2D eigenvalue weighted by atomic mass is 15.3. The van der Waals surface area contributed by atoms with Gasteiger partial charge in [-0.05, 0) is 31.1 Å². The molecule has 1 rings (SSSR count). The first-order chi connectivity index (χ1) is 8.49. The third-order valence-electron chi connectivity index (χ3n) is 4.45. The maximum absolute atomic E-state index is 3.77. The van der Waals surface area contributed by atoms with Gasteiger partial charge in [0.2, 0.25) is 0 Å². The fraction of sp³-hybridized carbons (Fsp3) is 1.00. The van der Waals surface area contributed by atoms with E-state index in [9.17, 15) is 0 Å². The molecule has 0 amide bonds. The lowest BCUT2D eigenvalue weighted by Crippen LogP contribution is -2.60. The number of nitrogens with zero attached hydrogens (tertiary/aromatic N) is 1. The van der Waals surface area contributed by atoms with E-state index < -0.39 is 0 Å². The van der Waals surface area contributed by atoms with Crippen LogP contribution in [0.15, 0.2) is 0 Å². The van der Waals surface area contributed by atoms with Crippen molar-refractivity contribution in [3.8, 4) is 0 Å². The van der Waals surface area contributed by atoms with Crippen LogP contribution in [0.5, 0.6) is 0 Å². The Balaban J connectivity index is 2.72. The summed E-state index contributed by atoms with van der Waals surface area (Å²) in [5.41, 5.74) is 0. The highest BCUT2D eigenvalue weighted by Gasteiger charge is 2.32. The third-order valence-corrected chi connectivity index (χ3v) is 4.45. The van der Waals surface area contributed by atoms with Gasteiger partial charge in [0.15, 0.2) is 0 Å². The van der Waals surface area contributed by atoms with Crippen LogP contribution in [0.3, 0.4) is 0 Å². The summed E-state index contributed by atoms with van der Waals surface area (Å²) in [5, 5.41) is 3.77. The molecule has 0 spiro atoms. The molecule has 0 bridgehead atoms. The van der Waals surface area contributed by atoms with E-state index in [1.54, 1.807) is 0 Å². The zero-order valence-corrected chi connectivity index (χ0v) is 13.4. The second kappa shape index (κ2) is 7.49. The number of nitrogens with one attached hydrogen (secondary N) is 1. The summed E-state index contributed by atoms with van der Waals surface area (Å²) in [6.45, 7) is 16.5. The monoisotopic (exact) mass is 254 g/mol. The summed E-state index contributed by atoms with van der Waals surface area (Å²) in [6.07, 6.45) is 3.90. The van der Waals surface area contributed by atoms with Gasteiger partial charge in [-0.2, -0.15) is 0 Å². The first kappa shape index (κ1) is 16.0. The molecular formula is C16H34N2. The fourth-order valence-corrected chi connectivity index (χ4v) is 3.26. The maximum atomic E-state index is 3.77. The van der Waals surface area contributed by atoms with Crippen molar-refractivity contribution in [3.05, 3.63) is 0 Å². The minimum Gasteiger partial charge on any atom is -0.311 e. The van der Waals surface area contributed by atoms with Crippen molar-refractivity contribution in [3.63, 3.8) is 0 Å². The Morgan fingerprint density at radius 2 is 1.72 bits per heavy atom. The Labute approximate surface area is 115 Å². The van der Waals surface area contributed by atoms with Crippen LogP contribution >= 0.6 is 0 Å². The third kappa shape index (κ3) is 4.24. The predicted molar refractivity (Wildman–Crippen MR) is 80.9 cm³/mol. The van der Waals surface area contributed by atoms with Crippen LogP contribution < -0.4 is 5.32 Å². The van der Waals surface area contributed by atoms with E-state index in [4.69, 9.17) is 0 Å².